The highest BCUT2D eigenvalue weighted by molar-refractivity contribution is 5.72. The molecular formula is C14H11F2N5. The highest BCUT2D eigenvalue weighted by Crippen LogP contribution is 2.26. The minimum Gasteiger partial charge on any atom is -0.398 e. The lowest BCUT2D eigenvalue weighted by molar-refractivity contribution is 0.606. The number of rotatable bonds is 2. The van der Waals surface area contributed by atoms with Crippen LogP contribution >= 0.6 is 0 Å². The van der Waals surface area contributed by atoms with Crippen molar-refractivity contribution in [3.8, 4) is 17.1 Å². The van der Waals surface area contributed by atoms with Crippen molar-refractivity contribution >= 4 is 5.69 Å². The summed E-state index contributed by atoms with van der Waals surface area (Å²) in [6.45, 7) is 1.78. The molecule has 0 bridgehead atoms. The lowest BCUT2D eigenvalue weighted by Crippen LogP contribution is -2.04. The number of aromatic nitrogens is 4. The minimum absolute atomic E-state index is 0.179. The molecule has 2 aromatic carbocycles. The summed E-state index contributed by atoms with van der Waals surface area (Å²) in [5.74, 6) is -0.670. The Morgan fingerprint density at radius 2 is 1.90 bits per heavy atom. The van der Waals surface area contributed by atoms with Gasteiger partial charge >= 0.3 is 0 Å². The van der Waals surface area contributed by atoms with Gasteiger partial charge in [0.2, 0.25) is 0 Å². The number of tetrazole rings is 1. The van der Waals surface area contributed by atoms with Crippen LogP contribution in [0.25, 0.3) is 17.1 Å². The van der Waals surface area contributed by atoms with Crippen LogP contribution in [0.4, 0.5) is 14.5 Å². The van der Waals surface area contributed by atoms with Gasteiger partial charge in [-0.1, -0.05) is 6.07 Å². The van der Waals surface area contributed by atoms with Gasteiger partial charge in [-0.05, 0) is 53.2 Å². The molecule has 0 aliphatic heterocycles. The zero-order valence-corrected chi connectivity index (χ0v) is 11.1. The first-order valence-corrected chi connectivity index (χ1v) is 6.16. The highest BCUT2D eigenvalue weighted by atomic mass is 19.1. The number of nitrogens with zero attached hydrogens (tertiary/aromatic N) is 4. The molecule has 2 N–H and O–H groups in total. The van der Waals surface area contributed by atoms with Crippen LogP contribution in [0.1, 0.15) is 5.56 Å². The SMILES string of the molecule is Cc1ccc(-n2nnnc2-c2ccc(F)cc2N)c(F)c1. The molecule has 0 atom stereocenters. The molecule has 0 radical (unpaired) electrons. The van der Waals surface area contributed by atoms with Crippen molar-refractivity contribution in [1.82, 2.24) is 20.2 Å². The van der Waals surface area contributed by atoms with Gasteiger partial charge in [-0.3, -0.25) is 0 Å². The summed E-state index contributed by atoms with van der Waals surface area (Å²) in [6.07, 6.45) is 0. The first-order chi connectivity index (χ1) is 10.1. The first-order valence-electron chi connectivity index (χ1n) is 6.16. The predicted molar refractivity (Wildman–Crippen MR) is 73.7 cm³/mol. The van der Waals surface area contributed by atoms with E-state index in [2.05, 4.69) is 15.5 Å². The van der Waals surface area contributed by atoms with Crippen LogP contribution in [-0.2, 0) is 0 Å². The van der Waals surface area contributed by atoms with Crippen molar-refractivity contribution in [2.45, 2.75) is 6.92 Å². The zero-order chi connectivity index (χ0) is 15.0. The van der Waals surface area contributed by atoms with Crippen LogP contribution in [0, 0.1) is 18.6 Å². The Morgan fingerprint density at radius 3 is 2.62 bits per heavy atom. The zero-order valence-electron chi connectivity index (χ0n) is 11.1. The Bertz CT molecular complexity index is 747. The maximum atomic E-state index is 14.1. The van der Waals surface area contributed by atoms with E-state index in [0.29, 0.717) is 5.56 Å². The maximum Gasteiger partial charge on any atom is 0.189 e. The van der Waals surface area contributed by atoms with Crippen molar-refractivity contribution in [3.63, 3.8) is 0 Å². The minimum atomic E-state index is -0.461. The molecule has 5 nitrogen and oxygen atoms in total. The molecule has 0 fully saturated rings. The predicted octanol–water partition coefficient (Wildman–Crippen LogP) is 2.50. The number of benzene rings is 2. The lowest BCUT2D eigenvalue weighted by Gasteiger charge is -2.08. The fourth-order valence-corrected chi connectivity index (χ4v) is 2.04. The molecule has 0 amide bonds. The second kappa shape index (κ2) is 4.93. The molecule has 7 heteroatoms. The smallest absolute Gasteiger partial charge is 0.189 e. The van der Waals surface area contributed by atoms with E-state index in [9.17, 15) is 8.78 Å². The molecule has 0 spiro atoms. The molecule has 3 rings (SSSR count). The van der Waals surface area contributed by atoms with Crippen LogP contribution in [0.3, 0.4) is 0 Å². The van der Waals surface area contributed by atoms with Crippen molar-refractivity contribution in [3.05, 3.63) is 53.6 Å². The Morgan fingerprint density at radius 1 is 1.10 bits per heavy atom. The number of hydrogen-bond donors (Lipinski definition) is 1. The number of anilines is 1. The third kappa shape index (κ3) is 2.33. The molecule has 0 unspecified atom stereocenters. The average Bonchev–Trinajstić information content (AvgIpc) is 2.87. The third-order valence-electron chi connectivity index (χ3n) is 3.06. The largest absolute Gasteiger partial charge is 0.398 e. The van der Waals surface area contributed by atoms with Gasteiger partial charge in [0, 0.05) is 11.3 Å². The number of halogens is 2. The second-order valence-electron chi connectivity index (χ2n) is 4.60. The van der Waals surface area contributed by atoms with E-state index < -0.39 is 11.6 Å². The molecular weight excluding hydrogens is 276 g/mol. The van der Waals surface area contributed by atoms with Gasteiger partial charge in [0.05, 0.1) is 0 Å². The summed E-state index contributed by atoms with van der Waals surface area (Å²) >= 11 is 0. The Kier molecular flexibility index (Phi) is 3.09. The molecule has 0 aliphatic carbocycles. The van der Waals surface area contributed by atoms with Crippen molar-refractivity contribution < 1.29 is 8.78 Å². The van der Waals surface area contributed by atoms with E-state index in [-0.39, 0.29) is 17.2 Å². The number of hydrogen-bond acceptors (Lipinski definition) is 4. The quantitative estimate of drug-likeness (QED) is 0.735. The van der Waals surface area contributed by atoms with E-state index in [1.807, 2.05) is 0 Å². The van der Waals surface area contributed by atoms with E-state index >= 15 is 0 Å². The molecule has 106 valence electrons. The first kappa shape index (κ1) is 13.2. The van der Waals surface area contributed by atoms with Crippen LogP contribution in [-0.4, -0.2) is 20.2 Å². The van der Waals surface area contributed by atoms with Gasteiger partial charge in [-0.25, -0.2) is 8.78 Å². The van der Waals surface area contributed by atoms with Gasteiger partial charge in [-0.2, -0.15) is 4.68 Å². The molecule has 1 aromatic heterocycles. The van der Waals surface area contributed by atoms with Crippen LogP contribution in [0.2, 0.25) is 0 Å². The third-order valence-corrected chi connectivity index (χ3v) is 3.06. The Balaban J connectivity index is 2.17. The Hall–Kier alpha value is -2.83. The highest BCUT2D eigenvalue weighted by Gasteiger charge is 2.16. The summed E-state index contributed by atoms with van der Waals surface area (Å²) in [7, 11) is 0. The van der Waals surface area contributed by atoms with Crippen LogP contribution in [0.15, 0.2) is 36.4 Å². The standard InChI is InChI=1S/C14H11F2N5/c1-8-2-5-13(11(16)6-8)21-14(18-19-20-21)10-4-3-9(15)7-12(10)17/h2-7H,17H2,1H3. The molecule has 21 heavy (non-hydrogen) atoms. The number of nitrogen functional groups attached to an aromatic ring is 1. The second-order valence-corrected chi connectivity index (χ2v) is 4.60. The van der Waals surface area contributed by atoms with Gasteiger partial charge in [0.1, 0.15) is 17.3 Å². The van der Waals surface area contributed by atoms with Crippen molar-refractivity contribution in [2.24, 2.45) is 0 Å². The summed E-state index contributed by atoms with van der Waals surface area (Å²) < 4.78 is 28.4. The fourth-order valence-electron chi connectivity index (χ4n) is 2.04. The lowest BCUT2D eigenvalue weighted by atomic mass is 10.1. The molecule has 3 aromatic rings. The average molecular weight is 287 g/mol. The molecule has 0 aliphatic rings. The normalized spacial score (nSPS) is 10.8. The maximum absolute atomic E-state index is 14.1. The molecule has 0 saturated carbocycles. The van der Waals surface area contributed by atoms with Gasteiger partial charge in [-0.15, -0.1) is 5.10 Å². The summed E-state index contributed by atoms with van der Waals surface area (Å²) in [6, 6.07) is 8.58. The number of aryl methyl sites for hydroxylation is 1. The summed E-state index contributed by atoms with van der Waals surface area (Å²) in [4.78, 5) is 0. The fraction of sp³-hybridized carbons (Fsp3) is 0.0714. The Labute approximate surface area is 119 Å². The van der Waals surface area contributed by atoms with Crippen LogP contribution < -0.4 is 5.73 Å². The van der Waals surface area contributed by atoms with E-state index in [1.54, 1.807) is 19.1 Å². The van der Waals surface area contributed by atoms with Crippen LogP contribution in [0.5, 0.6) is 0 Å². The molecule has 0 saturated heterocycles. The van der Waals surface area contributed by atoms with Gasteiger partial charge in [0.25, 0.3) is 0 Å². The van der Waals surface area contributed by atoms with E-state index in [4.69, 9.17) is 5.73 Å². The van der Waals surface area contributed by atoms with Gasteiger partial charge in [0.15, 0.2) is 5.82 Å². The van der Waals surface area contributed by atoms with Gasteiger partial charge < -0.3 is 5.73 Å². The van der Waals surface area contributed by atoms with Crippen molar-refractivity contribution in [1.29, 1.82) is 0 Å². The summed E-state index contributed by atoms with van der Waals surface area (Å²) in [5.41, 5.74) is 7.37. The van der Waals surface area contributed by atoms with E-state index in [1.165, 1.54) is 28.9 Å². The topological polar surface area (TPSA) is 69.6 Å². The monoisotopic (exact) mass is 287 g/mol. The summed E-state index contributed by atoms with van der Waals surface area (Å²) in [5, 5.41) is 11.2. The van der Waals surface area contributed by atoms with E-state index in [0.717, 1.165) is 5.56 Å². The molecule has 1 heterocycles. The number of nitrogens with two attached hydrogens (primary N) is 1. The van der Waals surface area contributed by atoms with Crippen molar-refractivity contribution in [2.75, 3.05) is 5.73 Å².